The minimum Gasteiger partial charge on any atom is -0.389 e. The molecule has 3 heterocycles. The number of aromatic nitrogens is 5. The van der Waals surface area contributed by atoms with Crippen LogP contribution < -0.4 is 20.7 Å². The van der Waals surface area contributed by atoms with E-state index in [1.165, 1.54) is 18.6 Å². The van der Waals surface area contributed by atoms with Gasteiger partial charge in [-0.25, -0.2) is 29.7 Å². The second-order valence-corrected chi connectivity index (χ2v) is 8.38. The van der Waals surface area contributed by atoms with Gasteiger partial charge in [0.1, 0.15) is 6.33 Å². The van der Waals surface area contributed by atoms with Crippen LogP contribution in [0.25, 0.3) is 0 Å². The number of rotatable bonds is 8. The van der Waals surface area contributed by atoms with Crippen LogP contribution >= 0.6 is 0 Å². The molecule has 0 atom stereocenters. The van der Waals surface area contributed by atoms with Gasteiger partial charge in [-0.05, 0) is 38.8 Å². The average molecular weight is 464 g/mol. The van der Waals surface area contributed by atoms with E-state index in [1.807, 2.05) is 0 Å². The standard InChI is InChI=1S/C22H24N8O4/c1-22(2,33)11-27-19(31)17-15(4-3-7-25-17)30-21(32)34-20-18(28-14-8-23-12-24-9-14)26-10-16(29-20)13-5-6-13/h3-4,7-10,12-13,33H,5-6,11H2,1-2H3,(H,26,28)(H,27,31)(H,30,32). The first-order valence-electron chi connectivity index (χ1n) is 10.6. The Morgan fingerprint density at radius 2 is 1.94 bits per heavy atom. The summed E-state index contributed by atoms with van der Waals surface area (Å²) in [6, 6.07) is 3.08. The van der Waals surface area contributed by atoms with Crippen LogP contribution in [-0.2, 0) is 0 Å². The first kappa shape index (κ1) is 23.0. The quantitative estimate of drug-likeness (QED) is 0.389. The number of nitrogens with one attached hydrogen (secondary N) is 3. The van der Waals surface area contributed by atoms with E-state index < -0.39 is 17.6 Å². The molecule has 1 aliphatic carbocycles. The van der Waals surface area contributed by atoms with Crippen molar-refractivity contribution in [2.45, 2.75) is 38.2 Å². The fourth-order valence-corrected chi connectivity index (χ4v) is 2.91. The lowest BCUT2D eigenvalue weighted by molar-refractivity contribution is 0.0692. The Labute approximate surface area is 195 Å². The molecule has 4 rings (SSSR count). The molecule has 0 spiro atoms. The number of amides is 2. The smallest absolute Gasteiger partial charge is 0.389 e. The monoisotopic (exact) mass is 464 g/mol. The number of hydrogen-bond acceptors (Lipinski definition) is 10. The Bertz CT molecular complexity index is 1180. The highest BCUT2D eigenvalue weighted by Crippen LogP contribution is 2.40. The van der Waals surface area contributed by atoms with Gasteiger partial charge in [0.05, 0.1) is 41.3 Å². The van der Waals surface area contributed by atoms with Crippen LogP contribution in [0, 0.1) is 0 Å². The molecule has 0 radical (unpaired) electrons. The lowest BCUT2D eigenvalue weighted by Crippen LogP contribution is -2.38. The first-order valence-corrected chi connectivity index (χ1v) is 10.6. The first-order chi connectivity index (χ1) is 16.3. The summed E-state index contributed by atoms with van der Waals surface area (Å²) < 4.78 is 5.46. The molecule has 176 valence electrons. The summed E-state index contributed by atoms with van der Waals surface area (Å²) in [5, 5.41) is 17.9. The third kappa shape index (κ3) is 6.19. The Balaban J connectivity index is 1.51. The molecule has 0 bridgehead atoms. The highest BCUT2D eigenvalue weighted by Gasteiger charge is 2.27. The zero-order valence-corrected chi connectivity index (χ0v) is 18.6. The minimum atomic E-state index is -1.10. The van der Waals surface area contributed by atoms with Gasteiger partial charge in [-0.15, -0.1) is 0 Å². The summed E-state index contributed by atoms with van der Waals surface area (Å²) >= 11 is 0. The molecule has 12 nitrogen and oxygen atoms in total. The van der Waals surface area contributed by atoms with Crippen LogP contribution in [0.15, 0.2) is 43.2 Å². The molecule has 3 aromatic heterocycles. The highest BCUT2D eigenvalue weighted by atomic mass is 16.6. The van der Waals surface area contributed by atoms with E-state index in [9.17, 15) is 14.7 Å². The normalized spacial score (nSPS) is 13.1. The van der Waals surface area contributed by atoms with E-state index >= 15 is 0 Å². The predicted octanol–water partition coefficient (Wildman–Crippen LogP) is 2.39. The molecule has 4 N–H and O–H groups in total. The van der Waals surface area contributed by atoms with Gasteiger partial charge >= 0.3 is 6.09 Å². The van der Waals surface area contributed by atoms with Crippen LogP contribution in [0.4, 0.5) is 22.0 Å². The van der Waals surface area contributed by atoms with Crippen LogP contribution in [0.2, 0.25) is 0 Å². The highest BCUT2D eigenvalue weighted by molar-refractivity contribution is 6.01. The summed E-state index contributed by atoms with van der Waals surface area (Å²) in [7, 11) is 0. The van der Waals surface area contributed by atoms with Crippen molar-refractivity contribution in [3.05, 3.63) is 54.6 Å². The number of carbonyl (C=O) groups is 2. The van der Waals surface area contributed by atoms with Gasteiger partial charge in [0.15, 0.2) is 11.5 Å². The van der Waals surface area contributed by atoms with Gasteiger partial charge in [0.25, 0.3) is 11.8 Å². The van der Waals surface area contributed by atoms with Gasteiger partial charge in [-0.3, -0.25) is 10.1 Å². The van der Waals surface area contributed by atoms with Gasteiger partial charge in [-0.2, -0.15) is 0 Å². The largest absolute Gasteiger partial charge is 0.418 e. The van der Waals surface area contributed by atoms with Gasteiger partial charge in [0.2, 0.25) is 0 Å². The van der Waals surface area contributed by atoms with Crippen LogP contribution in [0.5, 0.6) is 5.88 Å². The maximum absolute atomic E-state index is 12.7. The van der Waals surface area contributed by atoms with Crippen molar-refractivity contribution in [2.24, 2.45) is 0 Å². The molecule has 0 aromatic carbocycles. The van der Waals surface area contributed by atoms with E-state index in [0.717, 1.165) is 18.5 Å². The third-order valence-electron chi connectivity index (χ3n) is 4.71. The SMILES string of the molecule is CC(C)(O)CNC(=O)c1ncccc1NC(=O)Oc1nc(C2CC2)cnc1Nc1cncnc1. The Hall–Kier alpha value is -4.19. The molecular weight excluding hydrogens is 440 g/mol. The average Bonchev–Trinajstić information content (AvgIpc) is 3.65. The lowest BCUT2D eigenvalue weighted by atomic mass is 10.1. The molecule has 1 aliphatic rings. The van der Waals surface area contributed by atoms with Crippen LogP contribution in [0.3, 0.4) is 0 Å². The molecule has 1 saturated carbocycles. The van der Waals surface area contributed by atoms with E-state index in [4.69, 9.17) is 4.74 Å². The molecule has 0 unspecified atom stereocenters. The van der Waals surface area contributed by atoms with Gasteiger partial charge in [-0.1, -0.05) is 0 Å². The van der Waals surface area contributed by atoms with Crippen molar-refractivity contribution >= 4 is 29.2 Å². The lowest BCUT2D eigenvalue weighted by Gasteiger charge is -2.18. The Kier molecular flexibility index (Phi) is 6.59. The van der Waals surface area contributed by atoms with Crippen molar-refractivity contribution in [1.29, 1.82) is 0 Å². The number of pyridine rings is 1. The zero-order chi connectivity index (χ0) is 24.1. The molecule has 12 heteroatoms. The number of nitrogens with zero attached hydrogens (tertiary/aromatic N) is 5. The molecule has 2 amide bonds. The van der Waals surface area contributed by atoms with E-state index in [1.54, 1.807) is 38.5 Å². The summed E-state index contributed by atoms with van der Waals surface area (Å²) in [5.74, 6) is -0.0808. The van der Waals surface area contributed by atoms with E-state index in [-0.39, 0.29) is 35.5 Å². The zero-order valence-electron chi connectivity index (χ0n) is 18.6. The fraction of sp³-hybridized carbons (Fsp3) is 0.318. The second kappa shape index (κ2) is 9.75. The maximum Gasteiger partial charge on any atom is 0.418 e. The van der Waals surface area contributed by atoms with Crippen molar-refractivity contribution in [3.63, 3.8) is 0 Å². The summed E-state index contributed by atoms with van der Waals surface area (Å²) in [4.78, 5) is 46.0. The maximum atomic E-state index is 12.7. The van der Waals surface area contributed by atoms with Crippen LogP contribution in [0.1, 0.15) is 48.8 Å². The summed E-state index contributed by atoms with van der Waals surface area (Å²) in [6.45, 7) is 3.13. The minimum absolute atomic E-state index is 0.00801. The molecule has 3 aromatic rings. The molecule has 1 fully saturated rings. The molecule has 0 aliphatic heterocycles. The van der Waals surface area contributed by atoms with Crippen molar-refractivity contribution < 1.29 is 19.4 Å². The number of anilines is 3. The van der Waals surface area contributed by atoms with E-state index in [2.05, 4.69) is 40.9 Å². The van der Waals surface area contributed by atoms with E-state index in [0.29, 0.717) is 5.69 Å². The van der Waals surface area contributed by atoms with Crippen molar-refractivity contribution in [2.75, 3.05) is 17.2 Å². The molecule has 0 saturated heterocycles. The predicted molar refractivity (Wildman–Crippen MR) is 122 cm³/mol. The number of aliphatic hydroxyl groups is 1. The summed E-state index contributed by atoms with van der Waals surface area (Å²) in [6.07, 6.45) is 8.66. The molecule has 34 heavy (non-hydrogen) atoms. The topological polar surface area (TPSA) is 164 Å². The van der Waals surface area contributed by atoms with Crippen LogP contribution in [-0.4, -0.2) is 54.2 Å². The second-order valence-electron chi connectivity index (χ2n) is 8.38. The number of hydrogen-bond donors (Lipinski definition) is 4. The summed E-state index contributed by atoms with van der Waals surface area (Å²) in [5.41, 5.74) is 0.277. The Morgan fingerprint density at radius 1 is 1.18 bits per heavy atom. The fourth-order valence-electron chi connectivity index (χ4n) is 2.91. The molecular formula is C22H24N8O4. The van der Waals surface area contributed by atoms with Crippen molar-refractivity contribution in [1.82, 2.24) is 30.2 Å². The van der Waals surface area contributed by atoms with Gasteiger partial charge < -0.3 is 20.5 Å². The number of carbonyl (C=O) groups excluding carboxylic acids is 2. The van der Waals surface area contributed by atoms with Gasteiger partial charge in [0, 0.05) is 18.7 Å². The Morgan fingerprint density at radius 3 is 2.65 bits per heavy atom. The van der Waals surface area contributed by atoms with Crippen molar-refractivity contribution in [3.8, 4) is 5.88 Å². The third-order valence-corrected chi connectivity index (χ3v) is 4.71. The number of ether oxygens (including phenoxy) is 1.